The summed E-state index contributed by atoms with van der Waals surface area (Å²) in [6, 6.07) is 6.39. The predicted octanol–water partition coefficient (Wildman–Crippen LogP) is 3.67. The first-order chi connectivity index (χ1) is 9.70. The van der Waals surface area contributed by atoms with Crippen molar-refractivity contribution in [2.24, 2.45) is 0 Å². The SMILES string of the molecule is CCOCCCn1ccnc1Nc1cc(C)ccc1C. The molecule has 0 aliphatic rings. The minimum absolute atomic E-state index is 0.775. The second-order valence-electron chi connectivity index (χ2n) is 4.94. The van der Waals surface area contributed by atoms with Crippen molar-refractivity contribution < 1.29 is 4.74 Å². The summed E-state index contributed by atoms with van der Waals surface area (Å²) in [5.74, 6) is 0.884. The fraction of sp³-hybridized carbons (Fsp3) is 0.438. The second kappa shape index (κ2) is 7.10. The summed E-state index contributed by atoms with van der Waals surface area (Å²) in [5, 5.41) is 3.41. The van der Waals surface area contributed by atoms with Crippen LogP contribution in [0.1, 0.15) is 24.5 Å². The van der Waals surface area contributed by atoms with E-state index in [-0.39, 0.29) is 0 Å². The van der Waals surface area contributed by atoms with Crippen LogP contribution in [0.15, 0.2) is 30.6 Å². The molecule has 0 saturated carbocycles. The van der Waals surface area contributed by atoms with Crippen LogP contribution in [0.2, 0.25) is 0 Å². The van der Waals surface area contributed by atoms with Gasteiger partial charge in [0.2, 0.25) is 5.95 Å². The van der Waals surface area contributed by atoms with Crippen LogP contribution in [-0.2, 0) is 11.3 Å². The van der Waals surface area contributed by atoms with Crippen molar-refractivity contribution >= 4 is 11.6 Å². The van der Waals surface area contributed by atoms with Gasteiger partial charge in [0, 0.05) is 37.8 Å². The number of benzene rings is 1. The Bertz CT molecular complexity index is 548. The van der Waals surface area contributed by atoms with Crippen LogP contribution in [0.25, 0.3) is 0 Å². The van der Waals surface area contributed by atoms with Gasteiger partial charge in [0.25, 0.3) is 0 Å². The van der Waals surface area contributed by atoms with Crippen molar-refractivity contribution in [3.05, 3.63) is 41.7 Å². The maximum Gasteiger partial charge on any atom is 0.207 e. The maximum absolute atomic E-state index is 5.37. The number of ether oxygens (including phenoxy) is 1. The van der Waals surface area contributed by atoms with Crippen molar-refractivity contribution in [1.82, 2.24) is 9.55 Å². The fourth-order valence-electron chi connectivity index (χ4n) is 2.09. The van der Waals surface area contributed by atoms with Crippen LogP contribution in [0.4, 0.5) is 11.6 Å². The van der Waals surface area contributed by atoms with Gasteiger partial charge in [-0.15, -0.1) is 0 Å². The van der Waals surface area contributed by atoms with Crippen LogP contribution in [0, 0.1) is 13.8 Å². The van der Waals surface area contributed by atoms with E-state index in [0.717, 1.165) is 37.8 Å². The molecular formula is C16H23N3O. The predicted molar refractivity (Wildman–Crippen MR) is 82.5 cm³/mol. The number of imidazole rings is 1. The summed E-state index contributed by atoms with van der Waals surface area (Å²) >= 11 is 0. The number of hydrogen-bond acceptors (Lipinski definition) is 3. The van der Waals surface area contributed by atoms with Gasteiger partial charge >= 0.3 is 0 Å². The lowest BCUT2D eigenvalue weighted by Gasteiger charge is -2.12. The first-order valence-corrected chi connectivity index (χ1v) is 7.14. The number of aryl methyl sites for hydroxylation is 3. The Morgan fingerprint density at radius 3 is 2.95 bits per heavy atom. The van der Waals surface area contributed by atoms with Crippen molar-refractivity contribution in [3.63, 3.8) is 0 Å². The summed E-state index contributed by atoms with van der Waals surface area (Å²) < 4.78 is 7.50. The van der Waals surface area contributed by atoms with E-state index in [9.17, 15) is 0 Å². The molecule has 2 rings (SSSR count). The highest BCUT2D eigenvalue weighted by atomic mass is 16.5. The Labute approximate surface area is 120 Å². The van der Waals surface area contributed by atoms with Gasteiger partial charge in [-0.2, -0.15) is 0 Å². The molecule has 1 heterocycles. The van der Waals surface area contributed by atoms with E-state index in [0.29, 0.717) is 0 Å². The molecule has 0 fully saturated rings. The van der Waals surface area contributed by atoms with Gasteiger partial charge in [0.15, 0.2) is 0 Å². The van der Waals surface area contributed by atoms with E-state index in [2.05, 4.69) is 46.9 Å². The van der Waals surface area contributed by atoms with Gasteiger partial charge in [0.1, 0.15) is 0 Å². The Balaban J connectivity index is 2.02. The summed E-state index contributed by atoms with van der Waals surface area (Å²) in [7, 11) is 0. The molecule has 108 valence electrons. The third-order valence-corrected chi connectivity index (χ3v) is 3.25. The third kappa shape index (κ3) is 3.84. The Morgan fingerprint density at radius 2 is 2.15 bits per heavy atom. The molecule has 1 aromatic heterocycles. The molecule has 0 unspecified atom stereocenters. The Kier molecular flexibility index (Phi) is 5.18. The quantitative estimate of drug-likeness (QED) is 0.782. The Hall–Kier alpha value is -1.81. The zero-order valence-corrected chi connectivity index (χ0v) is 12.5. The number of nitrogens with one attached hydrogen (secondary N) is 1. The lowest BCUT2D eigenvalue weighted by Crippen LogP contribution is -2.06. The molecule has 0 bridgehead atoms. The van der Waals surface area contributed by atoms with E-state index < -0.39 is 0 Å². The highest BCUT2D eigenvalue weighted by Gasteiger charge is 2.05. The van der Waals surface area contributed by atoms with Crippen molar-refractivity contribution in [2.45, 2.75) is 33.7 Å². The summed E-state index contributed by atoms with van der Waals surface area (Å²) in [6.45, 7) is 8.69. The zero-order chi connectivity index (χ0) is 14.4. The average molecular weight is 273 g/mol. The van der Waals surface area contributed by atoms with Gasteiger partial charge in [-0.05, 0) is 44.4 Å². The molecule has 0 atom stereocenters. The van der Waals surface area contributed by atoms with Crippen molar-refractivity contribution in [1.29, 1.82) is 0 Å². The summed E-state index contributed by atoms with van der Waals surface area (Å²) in [4.78, 5) is 4.39. The van der Waals surface area contributed by atoms with Crippen molar-refractivity contribution in [3.8, 4) is 0 Å². The van der Waals surface area contributed by atoms with E-state index in [1.54, 1.807) is 0 Å². The third-order valence-electron chi connectivity index (χ3n) is 3.25. The molecule has 0 spiro atoms. The van der Waals surface area contributed by atoms with Crippen LogP contribution in [0.5, 0.6) is 0 Å². The molecule has 0 amide bonds. The number of nitrogens with zero attached hydrogens (tertiary/aromatic N) is 2. The normalized spacial score (nSPS) is 10.8. The average Bonchev–Trinajstić information content (AvgIpc) is 2.86. The number of rotatable bonds is 7. The van der Waals surface area contributed by atoms with Gasteiger partial charge < -0.3 is 14.6 Å². The van der Waals surface area contributed by atoms with E-state index >= 15 is 0 Å². The smallest absolute Gasteiger partial charge is 0.207 e. The lowest BCUT2D eigenvalue weighted by atomic mass is 10.1. The molecular weight excluding hydrogens is 250 g/mol. The molecule has 0 aliphatic heterocycles. The Morgan fingerprint density at radius 1 is 1.30 bits per heavy atom. The monoisotopic (exact) mass is 273 g/mol. The van der Waals surface area contributed by atoms with Gasteiger partial charge in [-0.25, -0.2) is 4.98 Å². The largest absolute Gasteiger partial charge is 0.382 e. The topological polar surface area (TPSA) is 39.1 Å². The van der Waals surface area contributed by atoms with Gasteiger partial charge in [0.05, 0.1) is 0 Å². The van der Waals surface area contributed by atoms with Crippen LogP contribution < -0.4 is 5.32 Å². The molecule has 1 N–H and O–H groups in total. The molecule has 0 aliphatic carbocycles. The highest BCUT2D eigenvalue weighted by Crippen LogP contribution is 2.20. The minimum Gasteiger partial charge on any atom is -0.382 e. The molecule has 4 heteroatoms. The molecule has 0 saturated heterocycles. The molecule has 2 aromatic rings. The lowest BCUT2D eigenvalue weighted by molar-refractivity contribution is 0.142. The van der Waals surface area contributed by atoms with Crippen LogP contribution in [0.3, 0.4) is 0 Å². The van der Waals surface area contributed by atoms with Gasteiger partial charge in [-0.1, -0.05) is 12.1 Å². The second-order valence-corrected chi connectivity index (χ2v) is 4.94. The summed E-state index contributed by atoms with van der Waals surface area (Å²) in [5.41, 5.74) is 3.58. The van der Waals surface area contributed by atoms with Crippen LogP contribution in [-0.4, -0.2) is 22.8 Å². The van der Waals surface area contributed by atoms with E-state index in [1.165, 1.54) is 11.1 Å². The molecule has 1 aromatic carbocycles. The fourth-order valence-corrected chi connectivity index (χ4v) is 2.09. The van der Waals surface area contributed by atoms with Crippen LogP contribution >= 0.6 is 0 Å². The molecule has 4 nitrogen and oxygen atoms in total. The van der Waals surface area contributed by atoms with E-state index in [1.807, 2.05) is 19.3 Å². The minimum atomic E-state index is 0.775. The first kappa shape index (κ1) is 14.6. The number of hydrogen-bond donors (Lipinski definition) is 1. The van der Waals surface area contributed by atoms with E-state index in [4.69, 9.17) is 4.74 Å². The maximum atomic E-state index is 5.37. The molecule has 20 heavy (non-hydrogen) atoms. The number of anilines is 2. The van der Waals surface area contributed by atoms with Crippen molar-refractivity contribution in [2.75, 3.05) is 18.5 Å². The highest BCUT2D eigenvalue weighted by molar-refractivity contribution is 5.59. The van der Waals surface area contributed by atoms with Gasteiger partial charge in [-0.3, -0.25) is 0 Å². The number of aromatic nitrogens is 2. The zero-order valence-electron chi connectivity index (χ0n) is 12.5. The first-order valence-electron chi connectivity index (χ1n) is 7.14. The molecule has 0 radical (unpaired) electrons. The standard InChI is InChI=1S/C16H23N3O/c1-4-20-11-5-9-19-10-8-17-16(19)18-15-12-13(2)6-7-14(15)3/h6-8,10,12H,4-5,9,11H2,1-3H3,(H,17,18). The summed E-state index contributed by atoms with van der Waals surface area (Å²) in [6.07, 6.45) is 4.82.